The molecule has 3 N–H and O–H groups in total. The van der Waals surface area contributed by atoms with E-state index in [2.05, 4.69) is 0 Å². The molecule has 1 amide bonds. The molecule has 2 rings (SSSR count). The van der Waals surface area contributed by atoms with Crippen molar-refractivity contribution in [3.8, 4) is 5.75 Å². The summed E-state index contributed by atoms with van der Waals surface area (Å²) in [5, 5.41) is 9.86. The van der Waals surface area contributed by atoms with Gasteiger partial charge in [0, 0.05) is 18.2 Å². The topological polar surface area (TPSA) is 75.8 Å². The van der Waals surface area contributed by atoms with Crippen LogP contribution in [-0.2, 0) is 4.74 Å². The Labute approximate surface area is 113 Å². The maximum Gasteiger partial charge on any atom is 0.410 e. The zero-order valence-corrected chi connectivity index (χ0v) is 11.5. The molecule has 0 spiro atoms. The predicted molar refractivity (Wildman–Crippen MR) is 71.8 cm³/mol. The molecule has 1 aromatic carbocycles. The van der Waals surface area contributed by atoms with Gasteiger partial charge in [0.2, 0.25) is 0 Å². The Morgan fingerprint density at radius 1 is 1.42 bits per heavy atom. The normalized spacial score (nSPS) is 22.8. The number of phenolic OH excluding ortho intramolecular Hbond substituents is 1. The monoisotopic (exact) mass is 264 g/mol. The van der Waals surface area contributed by atoms with Crippen molar-refractivity contribution in [2.75, 3.05) is 6.54 Å². The zero-order chi connectivity index (χ0) is 14.2. The van der Waals surface area contributed by atoms with Crippen molar-refractivity contribution in [1.82, 2.24) is 4.90 Å². The summed E-state index contributed by atoms with van der Waals surface area (Å²) in [6, 6.07) is 6.41. The van der Waals surface area contributed by atoms with E-state index in [9.17, 15) is 9.90 Å². The molecule has 0 saturated carbocycles. The highest BCUT2D eigenvalue weighted by molar-refractivity contribution is 5.71. The van der Waals surface area contributed by atoms with E-state index in [4.69, 9.17) is 10.5 Å². The number of carbonyl (C=O) groups is 1. The third-order valence-corrected chi connectivity index (χ3v) is 3.03. The van der Waals surface area contributed by atoms with Gasteiger partial charge in [0.15, 0.2) is 0 Å². The number of nitrogens with zero attached hydrogens (tertiary/aromatic N) is 1. The van der Waals surface area contributed by atoms with E-state index in [1.807, 2.05) is 26.8 Å². The Morgan fingerprint density at radius 2 is 2.05 bits per heavy atom. The molecule has 1 aliphatic rings. The fourth-order valence-corrected chi connectivity index (χ4v) is 2.18. The van der Waals surface area contributed by atoms with Crippen molar-refractivity contribution < 1.29 is 14.6 Å². The third kappa shape index (κ3) is 2.81. The molecule has 1 saturated heterocycles. The smallest absolute Gasteiger partial charge is 0.410 e. The van der Waals surface area contributed by atoms with Crippen LogP contribution in [0.5, 0.6) is 5.75 Å². The Hall–Kier alpha value is -1.75. The summed E-state index contributed by atoms with van der Waals surface area (Å²) in [6.07, 6.45) is -0.401. The van der Waals surface area contributed by atoms with Gasteiger partial charge in [-0.05, 0) is 26.8 Å². The van der Waals surface area contributed by atoms with E-state index in [0.717, 1.165) is 0 Å². The molecule has 1 aromatic rings. The Morgan fingerprint density at radius 3 is 2.58 bits per heavy atom. The largest absolute Gasteiger partial charge is 0.508 e. The van der Waals surface area contributed by atoms with Gasteiger partial charge >= 0.3 is 6.09 Å². The summed E-state index contributed by atoms with van der Waals surface area (Å²) in [4.78, 5) is 13.6. The SMILES string of the molecule is CC(C)(C)OC(=O)N1CC(N)C1c1ccccc1O. The zero-order valence-electron chi connectivity index (χ0n) is 11.5. The van der Waals surface area contributed by atoms with Crippen molar-refractivity contribution >= 4 is 6.09 Å². The first kappa shape index (κ1) is 13.7. The van der Waals surface area contributed by atoms with Crippen LogP contribution in [-0.4, -0.2) is 34.3 Å². The van der Waals surface area contributed by atoms with Crippen LogP contribution < -0.4 is 5.73 Å². The van der Waals surface area contributed by atoms with Gasteiger partial charge in [-0.2, -0.15) is 0 Å². The molecule has 5 nitrogen and oxygen atoms in total. The van der Waals surface area contributed by atoms with Gasteiger partial charge in [0.25, 0.3) is 0 Å². The number of carbonyl (C=O) groups excluding carboxylic acids is 1. The fourth-order valence-electron chi connectivity index (χ4n) is 2.18. The summed E-state index contributed by atoms with van der Waals surface area (Å²) in [6.45, 7) is 5.90. The van der Waals surface area contributed by atoms with Crippen LogP contribution in [0.1, 0.15) is 32.4 Å². The molecule has 0 aromatic heterocycles. The van der Waals surface area contributed by atoms with Crippen LogP contribution in [0.25, 0.3) is 0 Å². The molecule has 0 aliphatic carbocycles. The second-order valence-corrected chi connectivity index (χ2v) is 5.80. The highest BCUT2D eigenvalue weighted by Crippen LogP contribution is 2.37. The lowest BCUT2D eigenvalue weighted by Crippen LogP contribution is -2.60. The lowest BCUT2D eigenvalue weighted by atomic mass is 9.90. The number of nitrogens with two attached hydrogens (primary N) is 1. The van der Waals surface area contributed by atoms with Crippen molar-refractivity contribution in [3.05, 3.63) is 29.8 Å². The first-order chi connectivity index (χ1) is 8.79. The molecule has 0 bridgehead atoms. The van der Waals surface area contributed by atoms with E-state index < -0.39 is 11.7 Å². The van der Waals surface area contributed by atoms with Crippen LogP contribution in [0.2, 0.25) is 0 Å². The fraction of sp³-hybridized carbons (Fsp3) is 0.500. The van der Waals surface area contributed by atoms with Gasteiger partial charge in [-0.15, -0.1) is 0 Å². The highest BCUT2D eigenvalue weighted by Gasteiger charge is 2.43. The number of amides is 1. The van der Waals surface area contributed by atoms with Crippen LogP contribution in [0.3, 0.4) is 0 Å². The minimum atomic E-state index is -0.542. The lowest BCUT2D eigenvalue weighted by Gasteiger charge is -2.46. The third-order valence-electron chi connectivity index (χ3n) is 3.03. The number of ether oxygens (including phenoxy) is 1. The van der Waals surface area contributed by atoms with Crippen LogP contribution in [0.15, 0.2) is 24.3 Å². The number of hydrogen-bond donors (Lipinski definition) is 2. The Kier molecular flexibility index (Phi) is 3.41. The summed E-state index contributed by atoms with van der Waals surface area (Å²) in [5.41, 5.74) is 6.07. The number of likely N-dealkylation sites (tertiary alicyclic amines) is 1. The molecule has 5 heteroatoms. The number of aromatic hydroxyl groups is 1. The van der Waals surface area contributed by atoms with Crippen LogP contribution in [0, 0.1) is 0 Å². The van der Waals surface area contributed by atoms with Gasteiger partial charge in [-0.3, -0.25) is 4.90 Å². The van der Waals surface area contributed by atoms with Crippen molar-refractivity contribution in [2.24, 2.45) is 5.73 Å². The van der Waals surface area contributed by atoms with E-state index >= 15 is 0 Å². The molecule has 1 aliphatic heterocycles. The van der Waals surface area contributed by atoms with Crippen molar-refractivity contribution in [1.29, 1.82) is 0 Å². The summed E-state index contributed by atoms with van der Waals surface area (Å²) >= 11 is 0. The molecule has 2 atom stereocenters. The molecule has 19 heavy (non-hydrogen) atoms. The average molecular weight is 264 g/mol. The molecule has 104 valence electrons. The number of phenols is 1. The first-order valence-electron chi connectivity index (χ1n) is 6.32. The number of rotatable bonds is 1. The van der Waals surface area contributed by atoms with Gasteiger partial charge < -0.3 is 15.6 Å². The van der Waals surface area contributed by atoms with Crippen molar-refractivity contribution in [2.45, 2.75) is 38.5 Å². The standard InChI is InChI=1S/C14H20N2O3/c1-14(2,3)19-13(18)16-8-10(15)12(16)9-6-4-5-7-11(9)17/h4-7,10,12,17H,8,15H2,1-3H3. The summed E-state index contributed by atoms with van der Waals surface area (Å²) in [7, 11) is 0. The predicted octanol–water partition coefficient (Wildman–Crippen LogP) is 2.01. The number of para-hydroxylation sites is 1. The second kappa shape index (κ2) is 4.74. The van der Waals surface area contributed by atoms with Gasteiger partial charge in [-0.25, -0.2) is 4.79 Å². The van der Waals surface area contributed by atoms with Crippen molar-refractivity contribution in [3.63, 3.8) is 0 Å². The van der Waals surface area contributed by atoms with Gasteiger partial charge in [-0.1, -0.05) is 18.2 Å². The molecular weight excluding hydrogens is 244 g/mol. The number of hydrogen-bond acceptors (Lipinski definition) is 4. The van der Waals surface area contributed by atoms with E-state index in [1.165, 1.54) is 0 Å². The highest BCUT2D eigenvalue weighted by atomic mass is 16.6. The number of benzene rings is 1. The Bertz CT molecular complexity index is 482. The van der Waals surface area contributed by atoms with Gasteiger partial charge in [0.1, 0.15) is 11.4 Å². The lowest BCUT2D eigenvalue weighted by molar-refractivity contribution is -0.0137. The van der Waals surface area contributed by atoms with E-state index in [0.29, 0.717) is 12.1 Å². The van der Waals surface area contributed by atoms with Crippen LogP contribution in [0.4, 0.5) is 4.79 Å². The average Bonchev–Trinajstić information content (AvgIpc) is 2.26. The minimum Gasteiger partial charge on any atom is -0.508 e. The molecule has 1 heterocycles. The first-order valence-corrected chi connectivity index (χ1v) is 6.32. The minimum absolute atomic E-state index is 0.149. The maximum atomic E-state index is 12.0. The molecule has 0 radical (unpaired) electrons. The van der Waals surface area contributed by atoms with Crippen LogP contribution >= 0.6 is 0 Å². The molecule has 2 unspecified atom stereocenters. The second-order valence-electron chi connectivity index (χ2n) is 5.80. The summed E-state index contributed by atoms with van der Waals surface area (Å²) in [5.74, 6) is 0.149. The van der Waals surface area contributed by atoms with E-state index in [1.54, 1.807) is 23.1 Å². The van der Waals surface area contributed by atoms with E-state index in [-0.39, 0.29) is 17.8 Å². The molecule has 1 fully saturated rings. The van der Waals surface area contributed by atoms with Gasteiger partial charge in [0.05, 0.1) is 6.04 Å². The Balaban J connectivity index is 2.17. The quantitative estimate of drug-likeness (QED) is 0.813. The maximum absolute atomic E-state index is 12.0. The molecular formula is C14H20N2O3. The summed E-state index contributed by atoms with van der Waals surface area (Å²) < 4.78 is 5.33.